The van der Waals surface area contributed by atoms with Gasteiger partial charge in [-0.15, -0.1) is 0 Å². The second-order valence-electron chi connectivity index (χ2n) is 6.13. The van der Waals surface area contributed by atoms with Crippen LogP contribution in [0.1, 0.15) is 50.7 Å². The van der Waals surface area contributed by atoms with Crippen LogP contribution in [-0.2, 0) is 11.3 Å². The second-order valence-corrected chi connectivity index (χ2v) is 6.13. The maximum atomic E-state index is 5.15. The minimum absolute atomic E-state index is 0.704. The summed E-state index contributed by atoms with van der Waals surface area (Å²) in [6.45, 7) is 5.36. The molecule has 1 aromatic carbocycles. The molecule has 0 amide bonds. The lowest BCUT2D eigenvalue weighted by Gasteiger charge is -2.23. The number of hydrogen-bond acceptors (Lipinski definition) is 1. The Labute approximate surface area is 117 Å². The largest absolute Gasteiger partial charge is 0.380 e. The molecule has 0 fully saturated rings. The molecule has 0 radical (unpaired) electrons. The number of hydrogen-bond donors (Lipinski definition) is 0. The average Bonchev–Trinajstić information content (AvgIpc) is 2.40. The van der Waals surface area contributed by atoms with Crippen LogP contribution in [0, 0.1) is 11.8 Å². The van der Waals surface area contributed by atoms with E-state index in [1.54, 1.807) is 7.11 Å². The van der Waals surface area contributed by atoms with Gasteiger partial charge in [0.15, 0.2) is 0 Å². The standard InChI is InChI=1S/C18H26O/c1-14(2)12-15-4-8-17(9-5-15)18-10-6-16(7-11-18)13-19-3/h6-8,10-11,14-15H,4-5,9,12-13H2,1-3H3. The zero-order valence-corrected chi connectivity index (χ0v) is 12.5. The third kappa shape index (κ3) is 4.21. The van der Waals surface area contributed by atoms with Crippen molar-refractivity contribution in [2.45, 2.75) is 46.1 Å². The highest BCUT2D eigenvalue weighted by molar-refractivity contribution is 5.66. The second kappa shape index (κ2) is 6.91. The summed E-state index contributed by atoms with van der Waals surface area (Å²) in [7, 11) is 1.74. The molecule has 1 aliphatic carbocycles. The molecule has 0 aromatic heterocycles. The summed E-state index contributed by atoms with van der Waals surface area (Å²) in [5.41, 5.74) is 4.17. The molecule has 1 nitrogen and oxygen atoms in total. The van der Waals surface area contributed by atoms with E-state index in [0.717, 1.165) is 11.8 Å². The predicted molar refractivity (Wildman–Crippen MR) is 81.9 cm³/mol. The van der Waals surface area contributed by atoms with Crippen LogP contribution < -0.4 is 0 Å². The lowest BCUT2D eigenvalue weighted by Crippen LogP contribution is -2.08. The van der Waals surface area contributed by atoms with E-state index in [2.05, 4.69) is 44.2 Å². The third-order valence-electron chi connectivity index (χ3n) is 3.96. The van der Waals surface area contributed by atoms with Gasteiger partial charge in [-0.05, 0) is 54.2 Å². The molecule has 0 N–H and O–H groups in total. The highest BCUT2D eigenvalue weighted by Crippen LogP contribution is 2.33. The number of ether oxygens (including phenoxy) is 1. The highest BCUT2D eigenvalue weighted by Gasteiger charge is 2.16. The molecule has 0 heterocycles. The van der Waals surface area contributed by atoms with Crippen LogP contribution in [-0.4, -0.2) is 7.11 Å². The Morgan fingerprint density at radius 2 is 1.95 bits per heavy atom. The first-order valence-electron chi connectivity index (χ1n) is 7.46. The van der Waals surface area contributed by atoms with Crippen LogP contribution in [0.2, 0.25) is 0 Å². The Morgan fingerprint density at radius 3 is 2.47 bits per heavy atom. The van der Waals surface area contributed by atoms with Crippen molar-refractivity contribution in [3.05, 3.63) is 41.5 Å². The molecule has 2 rings (SSSR count). The summed E-state index contributed by atoms with van der Waals surface area (Å²) in [5, 5.41) is 0. The first-order chi connectivity index (χ1) is 9.19. The summed E-state index contributed by atoms with van der Waals surface area (Å²) in [6.07, 6.45) is 7.68. The van der Waals surface area contributed by atoms with Crippen LogP contribution in [0.15, 0.2) is 30.3 Å². The SMILES string of the molecule is COCc1ccc(C2=CCC(CC(C)C)CC2)cc1. The fourth-order valence-electron chi connectivity index (χ4n) is 3.01. The molecule has 1 atom stereocenters. The van der Waals surface area contributed by atoms with Gasteiger partial charge in [-0.25, -0.2) is 0 Å². The molecule has 1 aromatic rings. The molecular formula is C18H26O. The molecule has 0 spiro atoms. The Balaban J connectivity index is 1.97. The van der Waals surface area contributed by atoms with Gasteiger partial charge >= 0.3 is 0 Å². The molecule has 0 saturated heterocycles. The van der Waals surface area contributed by atoms with Gasteiger partial charge in [0, 0.05) is 7.11 Å². The summed E-state index contributed by atoms with van der Waals surface area (Å²) in [6, 6.07) is 8.84. The van der Waals surface area contributed by atoms with Gasteiger partial charge in [0.25, 0.3) is 0 Å². The van der Waals surface area contributed by atoms with Crippen molar-refractivity contribution in [2.24, 2.45) is 11.8 Å². The van der Waals surface area contributed by atoms with Crippen molar-refractivity contribution in [1.82, 2.24) is 0 Å². The zero-order chi connectivity index (χ0) is 13.7. The predicted octanol–water partition coefficient (Wildman–Crippen LogP) is 5.06. The van der Waals surface area contributed by atoms with Crippen molar-refractivity contribution in [3.63, 3.8) is 0 Å². The molecule has 0 saturated carbocycles. The summed E-state index contributed by atoms with van der Waals surface area (Å²) in [5.74, 6) is 1.73. The minimum Gasteiger partial charge on any atom is -0.380 e. The Bertz CT molecular complexity index is 414. The summed E-state index contributed by atoms with van der Waals surface area (Å²) < 4.78 is 5.15. The average molecular weight is 258 g/mol. The van der Waals surface area contributed by atoms with Gasteiger partial charge < -0.3 is 4.74 Å². The van der Waals surface area contributed by atoms with Crippen LogP contribution in [0.4, 0.5) is 0 Å². The number of methoxy groups -OCH3 is 1. The first-order valence-corrected chi connectivity index (χ1v) is 7.46. The van der Waals surface area contributed by atoms with Crippen molar-refractivity contribution in [1.29, 1.82) is 0 Å². The number of rotatable bonds is 5. The molecule has 1 unspecified atom stereocenters. The molecule has 0 aliphatic heterocycles. The fraction of sp³-hybridized carbons (Fsp3) is 0.556. The fourth-order valence-corrected chi connectivity index (χ4v) is 3.01. The summed E-state index contributed by atoms with van der Waals surface area (Å²) >= 11 is 0. The van der Waals surface area contributed by atoms with Gasteiger partial charge in [0.05, 0.1) is 6.61 Å². The molecular weight excluding hydrogens is 232 g/mol. The van der Waals surface area contributed by atoms with E-state index in [4.69, 9.17) is 4.74 Å². The minimum atomic E-state index is 0.704. The Kier molecular flexibility index (Phi) is 5.21. The molecule has 0 bridgehead atoms. The first kappa shape index (κ1) is 14.3. The monoisotopic (exact) mass is 258 g/mol. The Hall–Kier alpha value is -1.08. The van der Waals surface area contributed by atoms with E-state index < -0.39 is 0 Å². The quantitative estimate of drug-likeness (QED) is 0.717. The van der Waals surface area contributed by atoms with Gasteiger partial charge in [-0.2, -0.15) is 0 Å². The van der Waals surface area contributed by atoms with E-state index >= 15 is 0 Å². The lowest BCUT2D eigenvalue weighted by molar-refractivity contribution is 0.185. The van der Waals surface area contributed by atoms with Crippen molar-refractivity contribution in [2.75, 3.05) is 7.11 Å². The van der Waals surface area contributed by atoms with Crippen molar-refractivity contribution in [3.8, 4) is 0 Å². The highest BCUT2D eigenvalue weighted by atomic mass is 16.5. The zero-order valence-electron chi connectivity index (χ0n) is 12.5. The smallest absolute Gasteiger partial charge is 0.0713 e. The van der Waals surface area contributed by atoms with Gasteiger partial charge in [-0.3, -0.25) is 0 Å². The van der Waals surface area contributed by atoms with E-state index in [-0.39, 0.29) is 0 Å². The van der Waals surface area contributed by atoms with Crippen molar-refractivity contribution >= 4 is 5.57 Å². The molecule has 1 aliphatic rings. The van der Waals surface area contributed by atoms with Crippen LogP contribution in [0.3, 0.4) is 0 Å². The van der Waals surface area contributed by atoms with Crippen LogP contribution >= 0.6 is 0 Å². The third-order valence-corrected chi connectivity index (χ3v) is 3.96. The van der Waals surface area contributed by atoms with Crippen molar-refractivity contribution < 1.29 is 4.74 Å². The maximum Gasteiger partial charge on any atom is 0.0713 e. The van der Waals surface area contributed by atoms with Gasteiger partial charge in [0.2, 0.25) is 0 Å². The van der Waals surface area contributed by atoms with Gasteiger partial charge in [0.1, 0.15) is 0 Å². The van der Waals surface area contributed by atoms with E-state index in [9.17, 15) is 0 Å². The number of allylic oxidation sites excluding steroid dienone is 2. The number of benzene rings is 1. The van der Waals surface area contributed by atoms with E-state index in [1.165, 1.54) is 42.4 Å². The summed E-state index contributed by atoms with van der Waals surface area (Å²) in [4.78, 5) is 0. The lowest BCUT2D eigenvalue weighted by atomic mass is 9.82. The molecule has 1 heteroatoms. The molecule has 104 valence electrons. The molecule has 19 heavy (non-hydrogen) atoms. The topological polar surface area (TPSA) is 9.23 Å². The normalized spacial score (nSPS) is 19.6. The van der Waals surface area contributed by atoms with Crippen LogP contribution in [0.5, 0.6) is 0 Å². The maximum absolute atomic E-state index is 5.15. The van der Waals surface area contributed by atoms with Gasteiger partial charge in [-0.1, -0.05) is 44.2 Å². The van der Waals surface area contributed by atoms with Crippen LogP contribution in [0.25, 0.3) is 5.57 Å². The van der Waals surface area contributed by atoms with E-state index in [0.29, 0.717) is 6.61 Å². The Morgan fingerprint density at radius 1 is 1.21 bits per heavy atom. The van der Waals surface area contributed by atoms with E-state index in [1.807, 2.05) is 0 Å².